The topological polar surface area (TPSA) is 67.4 Å². The van der Waals surface area contributed by atoms with E-state index in [0.29, 0.717) is 22.0 Å². The van der Waals surface area contributed by atoms with Gasteiger partial charge in [0.15, 0.2) is 0 Å². The molecule has 0 aliphatic heterocycles. The van der Waals surface area contributed by atoms with Crippen LogP contribution in [0.15, 0.2) is 42.5 Å². The smallest absolute Gasteiger partial charge is 0.251 e. The summed E-state index contributed by atoms with van der Waals surface area (Å²) in [6.07, 6.45) is 0. The van der Waals surface area contributed by atoms with Crippen molar-refractivity contribution in [2.24, 2.45) is 0 Å². The third-order valence-corrected chi connectivity index (χ3v) is 3.47. The maximum Gasteiger partial charge on any atom is 0.251 e. The molecule has 120 valence electrons. The van der Waals surface area contributed by atoms with Gasteiger partial charge >= 0.3 is 0 Å². The summed E-state index contributed by atoms with van der Waals surface area (Å²) < 4.78 is 5.02. The highest BCUT2D eigenvalue weighted by molar-refractivity contribution is 6.33. The molecule has 0 saturated carbocycles. The van der Waals surface area contributed by atoms with Crippen LogP contribution in [0.2, 0.25) is 5.02 Å². The quantitative estimate of drug-likeness (QED) is 0.884. The summed E-state index contributed by atoms with van der Waals surface area (Å²) in [6.45, 7) is 1.77. The van der Waals surface area contributed by atoms with Crippen molar-refractivity contribution in [2.45, 2.75) is 6.92 Å². The third-order valence-electron chi connectivity index (χ3n) is 3.16. The number of carbonyl (C=O) groups excluding carboxylic acids is 2. The molecule has 0 bridgehead atoms. The summed E-state index contributed by atoms with van der Waals surface area (Å²) in [4.78, 5) is 23.8. The predicted octanol–water partition coefficient (Wildman–Crippen LogP) is 3.03. The van der Waals surface area contributed by atoms with Crippen molar-refractivity contribution < 1.29 is 14.3 Å². The van der Waals surface area contributed by atoms with Crippen LogP contribution in [-0.2, 0) is 4.79 Å². The number of aryl methyl sites for hydroxylation is 1. The van der Waals surface area contributed by atoms with Crippen LogP contribution in [0.25, 0.3) is 0 Å². The summed E-state index contributed by atoms with van der Waals surface area (Å²) in [5.74, 6) is -0.0243. The minimum atomic E-state index is -0.349. The van der Waals surface area contributed by atoms with Crippen molar-refractivity contribution in [3.8, 4) is 5.75 Å². The highest BCUT2D eigenvalue weighted by atomic mass is 35.5. The number of hydrogen-bond acceptors (Lipinski definition) is 3. The minimum Gasteiger partial charge on any atom is -0.497 e. The minimum absolute atomic E-state index is 0.144. The van der Waals surface area contributed by atoms with Crippen LogP contribution in [0.5, 0.6) is 5.75 Å². The average molecular weight is 333 g/mol. The SMILES string of the molecule is COc1ccc(C(=O)NCC(=O)Nc2ccc(C)cc2Cl)cc1. The van der Waals surface area contributed by atoms with Crippen LogP contribution < -0.4 is 15.4 Å². The molecular weight excluding hydrogens is 316 g/mol. The predicted molar refractivity (Wildman–Crippen MR) is 90.1 cm³/mol. The Morgan fingerprint density at radius 1 is 1.13 bits per heavy atom. The summed E-state index contributed by atoms with van der Waals surface area (Å²) >= 11 is 6.05. The molecule has 2 aromatic rings. The van der Waals surface area contributed by atoms with Crippen LogP contribution in [0.3, 0.4) is 0 Å². The van der Waals surface area contributed by atoms with Crippen LogP contribution in [0, 0.1) is 6.92 Å². The molecule has 23 heavy (non-hydrogen) atoms. The second-order valence-electron chi connectivity index (χ2n) is 4.94. The number of carbonyl (C=O) groups is 2. The van der Waals surface area contributed by atoms with E-state index in [1.54, 1.807) is 43.5 Å². The lowest BCUT2D eigenvalue weighted by atomic mass is 10.2. The van der Waals surface area contributed by atoms with Crippen LogP contribution in [-0.4, -0.2) is 25.5 Å². The number of anilines is 1. The van der Waals surface area contributed by atoms with Gasteiger partial charge in [-0.05, 0) is 48.9 Å². The van der Waals surface area contributed by atoms with E-state index in [9.17, 15) is 9.59 Å². The zero-order chi connectivity index (χ0) is 16.8. The number of ether oxygens (including phenoxy) is 1. The van der Waals surface area contributed by atoms with E-state index < -0.39 is 0 Å². The first-order valence-electron chi connectivity index (χ1n) is 6.98. The lowest BCUT2D eigenvalue weighted by molar-refractivity contribution is -0.115. The van der Waals surface area contributed by atoms with Gasteiger partial charge in [-0.1, -0.05) is 17.7 Å². The Balaban J connectivity index is 1.89. The fourth-order valence-electron chi connectivity index (χ4n) is 1.92. The van der Waals surface area contributed by atoms with Crippen molar-refractivity contribution in [2.75, 3.05) is 19.0 Å². The van der Waals surface area contributed by atoms with Gasteiger partial charge in [0.2, 0.25) is 5.91 Å². The number of nitrogens with one attached hydrogen (secondary N) is 2. The highest BCUT2D eigenvalue weighted by Crippen LogP contribution is 2.22. The first-order valence-corrected chi connectivity index (χ1v) is 7.35. The van der Waals surface area contributed by atoms with E-state index in [1.807, 2.05) is 13.0 Å². The van der Waals surface area contributed by atoms with Crippen LogP contribution >= 0.6 is 11.6 Å². The molecule has 2 rings (SSSR count). The molecule has 2 N–H and O–H groups in total. The van der Waals surface area contributed by atoms with Crippen molar-refractivity contribution in [3.05, 3.63) is 58.6 Å². The van der Waals surface area contributed by atoms with E-state index in [-0.39, 0.29) is 18.4 Å². The van der Waals surface area contributed by atoms with Crippen molar-refractivity contribution in [3.63, 3.8) is 0 Å². The van der Waals surface area contributed by atoms with Gasteiger partial charge < -0.3 is 15.4 Å². The molecule has 0 spiro atoms. The van der Waals surface area contributed by atoms with E-state index >= 15 is 0 Å². The number of benzene rings is 2. The Hall–Kier alpha value is -2.53. The Morgan fingerprint density at radius 2 is 1.83 bits per heavy atom. The summed E-state index contributed by atoms with van der Waals surface area (Å²) in [5, 5.41) is 5.67. The molecule has 0 aromatic heterocycles. The maximum atomic E-state index is 12.0. The highest BCUT2D eigenvalue weighted by Gasteiger charge is 2.10. The normalized spacial score (nSPS) is 10.0. The van der Waals surface area contributed by atoms with Gasteiger partial charge in [0.05, 0.1) is 24.4 Å². The molecule has 2 amide bonds. The fraction of sp³-hybridized carbons (Fsp3) is 0.176. The lowest BCUT2D eigenvalue weighted by Gasteiger charge is -2.09. The van der Waals surface area contributed by atoms with Gasteiger partial charge in [0.1, 0.15) is 5.75 Å². The lowest BCUT2D eigenvalue weighted by Crippen LogP contribution is -2.32. The van der Waals surface area contributed by atoms with E-state index in [2.05, 4.69) is 10.6 Å². The molecule has 2 aromatic carbocycles. The largest absolute Gasteiger partial charge is 0.497 e. The molecule has 0 unspecified atom stereocenters. The van der Waals surface area contributed by atoms with Gasteiger partial charge in [0.25, 0.3) is 5.91 Å². The van der Waals surface area contributed by atoms with E-state index in [4.69, 9.17) is 16.3 Å². The van der Waals surface area contributed by atoms with Gasteiger partial charge in [-0.2, -0.15) is 0 Å². The molecule has 0 atom stereocenters. The Kier molecular flexibility index (Phi) is 5.60. The second kappa shape index (κ2) is 7.65. The molecular formula is C17H17ClN2O3. The monoisotopic (exact) mass is 332 g/mol. The standard InChI is InChI=1S/C17H17ClN2O3/c1-11-3-8-15(14(18)9-11)20-16(21)10-19-17(22)12-4-6-13(23-2)7-5-12/h3-9H,10H2,1-2H3,(H,19,22)(H,20,21). The van der Waals surface area contributed by atoms with Crippen LogP contribution in [0.4, 0.5) is 5.69 Å². The van der Waals surface area contributed by atoms with E-state index in [0.717, 1.165) is 5.56 Å². The molecule has 6 heteroatoms. The maximum absolute atomic E-state index is 12.0. The second-order valence-corrected chi connectivity index (χ2v) is 5.35. The summed E-state index contributed by atoms with van der Waals surface area (Å²) in [5.41, 5.74) is 1.97. The van der Waals surface area contributed by atoms with Gasteiger partial charge in [0, 0.05) is 5.56 Å². The third kappa shape index (κ3) is 4.72. The molecule has 5 nitrogen and oxygen atoms in total. The number of methoxy groups -OCH3 is 1. The number of rotatable bonds is 5. The Morgan fingerprint density at radius 3 is 2.43 bits per heavy atom. The number of halogens is 1. The molecule has 0 fully saturated rings. The van der Waals surface area contributed by atoms with Crippen LogP contribution in [0.1, 0.15) is 15.9 Å². The molecule has 0 aliphatic carbocycles. The van der Waals surface area contributed by atoms with Crippen molar-refractivity contribution in [1.29, 1.82) is 0 Å². The Labute approximate surface area is 139 Å². The molecule has 0 heterocycles. The van der Waals surface area contributed by atoms with Gasteiger partial charge in [-0.25, -0.2) is 0 Å². The zero-order valence-corrected chi connectivity index (χ0v) is 13.6. The average Bonchev–Trinajstić information content (AvgIpc) is 2.55. The first kappa shape index (κ1) is 16.8. The van der Waals surface area contributed by atoms with Gasteiger partial charge in [-0.3, -0.25) is 9.59 Å². The Bertz CT molecular complexity index is 714. The van der Waals surface area contributed by atoms with Crippen molar-refractivity contribution in [1.82, 2.24) is 5.32 Å². The fourth-order valence-corrected chi connectivity index (χ4v) is 2.20. The number of hydrogen-bond donors (Lipinski definition) is 2. The zero-order valence-electron chi connectivity index (χ0n) is 12.9. The van der Waals surface area contributed by atoms with Crippen molar-refractivity contribution >= 4 is 29.1 Å². The number of amides is 2. The summed E-state index contributed by atoms with van der Waals surface area (Å²) in [7, 11) is 1.55. The first-order chi connectivity index (χ1) is 11.0. The van der Waals surface area contributed by atoms with Gasteiger partial charge in [-0.15, -0.1) is 0 Å². The summed E-state index contributed by atoms with van der Waals surface area (Å²) in [6, 6.07) is 11.9. The molecule has 0 aliphatic rings. The molecule has 0 radical (unpaired) electrons. The molecule has 0 saturated heterocycles. The van der Waals surface area contributed by atoms with E-state index in [1.165, 1.54) is 0 Å².